The molecule has 6 nitrogen and oxygen atoms in total. The van der Waals surface area contributed by atoms with Crippen LogP contribution in [0.3, 0.4) is 0 Å². The maximum absolute atomic E-state index is 10.7. The predicted octanol–water partition coefficient (Wildman–Crippen LogP) is 6.05. The Bertz CT molecular complexity index is 1080. The van der Waals surface area contributed by atoms with Crippen molar-refractivity contribution in [3.8, 4) is 5.75 Å². The minimum absolute atomic E-state index is 0.179. The molecular formula is C24H25N3O3. The Morgan fingerprint density at radius 1 is 1.13 bits per heavy atom. The van der Waals surface area contributed by atoms with Gasteiger partial charge in [-0.2, -0.15) is 0 Å². The summed E-state index contributed by atoms with van der Waals surface area (Å²) in [6.45, 7) is 4.23. The second kappa shape index (κ2) is 8.36. The Morgan fingerprint density at radius 2 is 1.87 bits per heavy atom. The highest BCUT2D eigenvalue weighted by Crippen LogP contribution is 2.45. The SMILES string of the molecule is C[C@@H]1O[C@@H](c2c(O)ccc3ccccc23)C[C@](C)(N=[N+]=[N-])[C@@H]1OCc1ccccc1. The number of hydrogen-bond acceptors (Lipinski definition) is 4. The number of phenolic OH excluding ortho intramolecular Hbond substituents is 1. The van der Waals surface area contributed by atoms with Gasteiger partial charge in [-0.3, -0.25) is 0 Å². The van der Waals surface area contributed by atoms with E-state index in [9.17, 15) is 10.6 Å². The first kappa shape index (κ1) is 20.2. The Kier molecular flexibility index (Phi) is 5.64. The number of azide groups is 1. The molecule has 1 heterocycles. The summed E-state index contributed by atoms with van der Waals surface area (Å²) in [6.07, 6.45) is -0.760. The first-order valence-corrected chi connectivity index (χ1v) is 10.1. The van der Waals surface area contributed by atoms with E-state index in [0.717, 1.165) is 21.9 Å². The zero-order valence-electron chi connectivity index (χ0n) is 17.1. The molecule has 4 rings (SSSR count). The van der Waals surface area contributed by atoms with Gasteiger partial charge < -0.3 is 14.6 Å². The minimum atomic E-state index is -0.824. The maximum Gasteiger partial charge on any atom is 0.122 e. The molecule has 3 aromatic carbocycles. The average molecular weight is 403 g/mol. The van der Waals surface area contributed by atoms with Crippen LogP contribution in [0.1, 0.15) is 37.5 Å². The van der Waals surface area contributed by atoms with E-state index in [1.807, 2.05) is 74.5 Å². The monoisotopic (exact) mass is 403 g/mol. The number of phenols is 1. The molecule has 0 spiro atoms. The molecule has 1 saturated heterocycles. The van der Waals surface area contributed by atoms with Crippen LogP contribution in [0.5, 0.6) is 5.75 Å². The van der Waals surface area contributed by atoms with Crippen LogP contribution in [0.4, 0.5) is 0 Å². The first-order valence-electron chi connectivity index (χ1n) is 10.1. The smallest absolute Gasteiger partial charge is 0.122 e. The van der Waals surface area contributed by atoms with Crippen LogP contribution < -0.4 is 0 Å². The van der Waals surface area contributed by atoms with Gasteiger partial charge in [0.25, 0.3) is 0 Å². The zero-order valence-corrected chi connectivity index (χ0v) is 17.1. The van der Waals surface area contributed by atoms with Crippen molar-refractivity contribution in [2.45, 2.75) is 50.7 Å². The van der Waals surface area contributed by atoms with Gasteiger partial charge in [-0.05, 0) is 41.3 Å². The van der Waals surface area contributed by atoms with E-state index in [1.54, 1.807) is 6.07 Å². The second-order valence-corrected chi connectivity index (χ2v) is 8.02. The highest BCUT2D eigenvalue weighted by Gasteiger charge is 2.47. The van der Waals surface area contributed by atoms with Crippen molar-refractivity contribution in [1.82, 2.24) is 0 Å². The molecule has 6 heteroatoms. The summed E-state index contributed by atoms with van der Waals surface area (Å²) in [5.41, 5.74) is 10.2. The van der Waals surface area contributed by atoms with Crippen LogP contribution in [0.25, 0.3) is 21.2 Å². The number of ether oxygens (including phenoxy) is 2. The van der Waals surface area contributed by atoms with Gasteiger partial charge in [0.2, 0.25) is 0 Å². The van der Waals surface area contributed by atoms with Crippen molar-refractivity contribution in [3.05, 3.63) is 88.3 Å². The van der Waals surface area contributed by atoms with E-state index in [0.29, 0.717) is 13.0 Å². The van der Waals surface area contributed by atoms with Crippen LogP contribution >= 0.6 is 0 Å². The van der Waals surface area contributed by atoms with Crippen LogP contribution in [-0.2, 0) is 16.1 Å². The van der Waals surface area contributed by atoms with Crippen molar-refractivity contribution in [2.75, 3.05) is 0 Å². The lowest BCUT2D eigenvalue weighted by molar-refractivity contribution is -0.169. The summed E-state index contributed by atoms with van der Waals surface area (Å²) in [5.74, 6) is 0.179. The third-order valence-electron chi connectivity index (χ3n) is 5.83. The molecule has 0 bridgehead atoms. The molecule has 1 aliphatic rings. The fraction of sp³-hybridized carbons (Fsp3) is 0.333. The highest BCUT2D eigenvalue weighted by atomic mass is 16.6. The molecule has 30 heavy (non-hydrogen) atoms. The molecule has 0 aliphatic carbocycles. The summed E-state index contributed by atoms with van der Waals surface area (Å²) in [5, 5.41) is 16.7. The second-order valence-electron chi connectivity index (χ2n) is 8.02. The molecule has 0 amide bonds. The van der Waals surface area contributed by atoms with Gasteiger partial charge in [0.1, 0.15) is 5.75 Å². The molecule has 154 valence electrons. The van der Waals surface area contributed by atoms with Crippen molar-refractivity contribution in [3.63, 3.8) is 0 Å². The fourth-order valence-corrected chi connectivity index (χ4v) is 4.44. The Labute approximate surface area is 175 Å². The van der Waals surface area contributed by atoms with Gasteiger partial charge in [0, 0.05) is 10.5 Å². The van der Waals surface area contributed by atoms with Gasteiger partial charge in [-0.25, -0.2) is 0 Å². The third-order valence-corrected chi connectivity index (χ3v) is 5.83. The van der Waals surface area contributed by atoms with E-state index in [2.05, 4.69) is 10.0 Å². The maximum atomic E-state index is 10.7. The van der Waals surface area contributed by atoms with E-state index in [4.69, 9.17) is 9.47 Å². The quantitative estimate of drug-likeness (QED) is 0.319. The highest BCUT2D eigenvalue weighted by molar-refractivity contribution is 5.88. The molecule has 0 unspecified atom stereocenters. The summed E-state index contributed by atoms with van der Waals surface area (Å²) in [7, 11) is 0. The third kappa shape index (κ3) is 3.85. The van der Waals surface area contributed by atoms with Gasteiger partial charge in [0.05, 0.1) is 30.5 Å². The Balaban J connectivity index is 1.66. The van der Waals surface area contributed by atoms with Crippen LogP contribution in [-0.4, -0.2) is 22.9 Å². The molecule has 0 saturated carbocycles. The van der Waals surface area contributed by atoms with Crippen LogP contribution in [0.15, 0.2) is 71.8 Å². The number of fused-ring (bicyclic) bond motifs is 1. The van der Waals surface area contributed by atoms with E-state index < -0.39 is 17.7 Å². The standard InChI is InChI=1S/C24H25N3O3/c1-16-23(29-15-17-8-4-3-5-9-17)24(2,26-27-25)14-21(30-16)22-19-11-7-6-10-18(19)12-13-20(22)28/h3-13,16,21,23,28H,14-15H2,1-2H3/t16-,21+,23+,24-/m0/s1. The molecule has 1 N–H and O–H groups in total. The predicted molar refractivity (Wildman–Crippen MR) is 116 cm³/mol. The number of benzene rings is 3. The van der Waals surface area contributed by atoms with Crippen molar-refractivity contribution in [2.24, 2.45) is 5.11 Å². The van der Waals surface area contributed by atoms with Gasteiger partial charge >= 0.3 is 0 Å². The zero-order chi connectivity index (χ0) is 21.1. The lowest BCUT2D eigenvalue weighted by Crippen LogP contribution is -2.52. The molecule has 1 aliphatic heterocycles. The molecule has 1 fully saturated rings. The van der Waals surface area contributed by atoms with Gasteiger partial charge in [-0.1, -0.05) is 72.7 Å². The van der Waals surface area contributed by atoms with Crippen molar-refractivity contribution < 1.29 is 14.6 Å². The lowest BCUT2D eigenvalue weighted by atomic mass is 9.80. The summed E-state index contributed by atoms with van der Waals surface area (Å²) < 4.78 is 12.5. The normalized spacial score (nSPS) is 26.3. The summed E-state index contributed by atoms with van der Waals surface area (Å²) in [6, 6.07) is 21.3. The van der Waals surface area contributed by atoms with Gasteiger partial charge in [-0.15, -0.1) is 0 Å². The largest absolute Gasteiger partial charge is 0.508 e. The molecule has 3 aromatic rings. The van der Waals surface area contributed by atoms with E-state index in [-0.39, 0.29) is 11.9 Å². The summed E-state index contributed by atoms with van der Waals surface area (Å²) >= 11 is 0. The van der Waals surface area contributed by atoms with E-state index >= 15 is 0 Å². The van der Waals surface area contributed by atoms with E-state index in [1.165, 1.54) is 0 Å². The Hall–Kier alpha value is -3.05. The molecule has 0 radical (unpaired) electrons. The molecule has 0 aromatic heterocycles. The van der Waals surface area contributed by atoms with Gasteiger partial charge in [0.15, 0.2) is 0 Å². The average Bonchev–Trinajstić information content (AvgIpc) is 2.74. The fourth-order valence-electron chi connectivity index (χ4n) is 4.44. The van der Waals surface area contributed by atoms with Crippen molar-refractivity contribution in [1.29, 1.82) is 0 Å². The van der Waals surface area contributed by atoms with Crippen molar-refractivity contribution >= 4 is 10.8 Å². The number of hydrogen-bond donors (Lipinski definition) is 1. The number of aromatic hydroxyl groups is 1. The molecule has 4 atom stereocenters. The first-order chi connectivity index (χ1) is 14.5. The lowest BCUT2D eigenvalue weighted by Gasteiger charge is -2.45. The van der Waals surface area contributed by atoms with Crippen LogP contribution in [0, 0.1) is 0 Å². The number of nitrogens with zero attached hydrogens (tertiary/aromatic N) is 3. The minimum Gasteiger partial charge on any atom is -0.508 e. The Morgan fingerprint density at radius 3 is 2.63 bits per heavy atom. The topological polar surface area (TPSA) is 87.5 Å². The number of rotatable bonds is 5. The molecular weight excluding hydrogens is 378 g/mol. The van der Waals surface area contributed by atoms with Crippen LogP contribution in [0.2, 0.25) is 0 Å². The summed E-state index contributed by atoms with van der Waals surface area (Å²) in [4.78, 5) is 3.11.